The molecular formula is C27H34N2O6. The van der Waals surface area contributed by atoms with Gasteiger partial charge in [0.05, 0.1) is 19.1 Å². The Kier molecular flexibility index (Phi) is 8.51. The number of carboxylic acid groups (broad SMARTS) is 1. The molecule has 8 nitrogen and oxygen atoms in total. The molecule has 2 unspecified atom stereocenters. The highest BCUT2D eigenvalue weighted by Crippen LogP contribution is 2.26. The minimum Gasteiger partial charge on any atom is -0.481 e. The maximum atomic E-state index is 13.8. The maximum Gasteiger partial charge on any atom is 0.408 e. The van der Waals surface area contributed by atoms with Crippen molar-refractivity contribution in [1.82, 2.24) is 10.2 Å². The molecule has 1 aliphatic heterocycles. The van der Waals surface area contributed by atoms with Crippen LogP contribution in [0.2, 0.25) is 0 Å². The summed E-state index contributed by atoms with van der Waals surface area (Å²) in [6, 6.07) is 15.6. The standard InChI is InChI=1S/C27H34N2O6/c1-18(34-17-19-10-6-5-7-11-19)24(28-26(33)35-27(2,3)4)25(32)29-16-21-13-9-8-12-20(21)14-22(29)15-23(30)31/h5-13,18,22,24H,14-17H2,1-4H3,(H,28,33)(H,30,31)/t18?,22-,24?/m1/s1. The van der Waals surface area contributed by atoms with Gasteiger partial charge in [0.1, 0.15) is 11.6 Å². The largest absolute Gasteiger partial charge is 0.481 e. The highest BCUT2D eigenvalue weighted by Gasteiger charge is 2.38. The van der Waals surface area contributed by atoms with E-state index in [0.717, 1.165) is 16.7 Å². The number of carbonyl (C=O) groups excluding carboxylic acids is 2. The average Bonchev–Trinajstić information content (AvgIpc) is 2.79. The lowest BCUT2D eigenvalue weighted by atomic mass is 9.91. The molecule has 1 heterocycles. The first-order valence-electron chi connectivity index (χ1n) is 11.8. The minimum atomic E-state index is -1.06. The highest BCUT2D eigenvalue weighted by molar-refractivity contribution is 5.87. The Balaban J connectivity index is 1.85. The third-order valence-corrected chi connectivity index (χ3v) is 5.81. The second-order valence-electron chi connectivity index (χ2n) is 9.82. The Hall–Kier alpha value is -3.39. The number of nitrogens with one attached hydrogen (secondary N) is 1. The second kappa shape index (κ2) is 11.4. The molecule has 0 saturated carbocycles. The predicted octanol–water partition coefficient (Wildman–Crippen LogP) is 3.91. The summed E-state index contributed by atoms with van der Waals surface area (Å²) in [5.41, 5.74) is 2.16. The van der Waals surface area contributed by atoms with Crippen LogP contribution in [-0.2, 0) is 38.6 Å². The number of aliphatic carboxylic acids is 1. The lowest BCUT2D eigenvalue weighted by Gasteiger charge is -2.39. The van der Waals surface area contributed by atoms with E-state index in [0.29, 0.717) is 6.42 Å². The number of hydrogen-bond donors (Lipinski definition) is 2. The lowest BCUT2D eigenvalue weighted by molar-refractivity contribution is -0.145. The average molecular weight is 483 g/mol. The van der Waals surface area contributed by atoms with Gasteiger partial charge < -0.3 is 24.8 Å². The van der Waals surface area contributed by atoms with Crippen LogP contribution in [0.25, 0.3) is 0 Å². The second-order valence-corrected chi connectivity index (χ2v) is 9.82. The van der Waals surface area contributed by atoms with Gasteiger partial charge in [-0.25, -0.2) is 4.79 Å². The predicted molar refractivity (Wildman–Crippen MR) is 131 cm³/mol. The van der Waals surface area contributed by atoms with Gasteiger partial charge in [-0.05, 0) is 50.8 Å². The molecule has 0 saturated heterocycles. The van der Waals surface area contributed by atoms with Gasteiger partial charge in [-0.3, -0.25) is 9.59 Å². The number of benzene rings is 2. The Morgan fingerprint density at radius 3 is 2.31 bits per heavy atom. The van der Waals surface area contributed by atoms with Gasteiger partial charge >= 0.3 is 12.1 Å². The van der Waals surface area contributed by atoms with Crippen molar-refractivity contribution in [2.75, 3.05) is 0 Å². The van der Waals surface area contributed by atoms with Crippen LogP contribution in [0, 0.1) is 0 Å². The number of amides is 2. The molecule has 3 rings (SSSR count). The summed E-state index contributed by atoms with van der Waals surface area (Å²) in [5.74, 6) is -1.39. The van der Waals surface area contributed by atoms with Gasteiger partial charge in [0, 0.05) is 12.6 Å². The third kappa shape index (κ3) is 7.55. The molecule has 2 amide bonds. The molecule has 3 atom stereocenters. The van der Waals surface area contributed by atoms with Gasteiger partial charge in [0.2, 0.25) is 5.91 Å². The van der Waals surface area contributed by atoms with E-state index in [4.69, 9.17) is 9.47 Å². The normalized spacial score (nSPS) is 17.1. The molecule has 2 aromatic carbocycles. The fourth-order valence-electron chi connectivity index (χ4n) is 4.12. The monoisotopic (exact) mass is 482 g/mol. The van der Waals surface area contributed by atoms with Crippen LogP contribution in [0.3, 0.4) is 0 Å². The Morgan fingerprint density at radius 2 is 1.69 bits per heavy atom. The fourth-order valence-corrected chi connectivity index (χ4v) is 4.12. The summed E-state index contributed by atoms with van der Waals surface area (Å²) in [4.78, 5) is 39.6. The number of carboxylic acids is 1. The van der Waals surface area contributed by atoms with Gasteiger partial charge in [-0.15, -0.1) is 0 Å². The van der Waals surface area contributed by atoms with Crippen LogP contribution in [0.4, 0.5) is 4.79 Å². The molecule has 0 spiro atoms. The molecule has 0 bridgehead atoms. The van der Waals surface area contributed by atoms with Crippen molar-refractivity contribution in [2.24, 2.45) is 0 Å². The summed E-state index contributed by atoms with van der Waals surface area (Å²) in [6.07, 6.45) is -1.21. The van der Waals surface area contributed by atoms with Crippen LogP contribution < -0.4 is 5.32 Å². The number of ether oxygens (including phenoxy) is 2. The van der Waals surface area contributed by atoms with Crippen LogP contribution in [-0.4, -0.2) is 51.8 Å². The van der Waals surface area contributed by atoms with E-state index >= 15 is 0 Å². The first-order chi connectivity index (χ1) is 16.5. The quantitative estimate of drug-likeness (QED) is 0.591. The fraction of sp³-hybridized carbons (Fsp3) is 0.444. The summed E-state index contributed by atoms with van der Waals surface area (Å²) >= 11 is 0. The third-order valence-electron chi connectivity index (χ3n) is 5.81. The zero-order valence-electron chi connectivity index (χ0n) is 20.7. The number of hydrogen-bond acceptors (Lipinski definition) is 5. The Morgan fingerprint density at radius 1 is 1.06 bits per heavy atom. The highest BCUT2D eigenvalue weighted by atomic mass is 16.6. The van der Waals surface area contributed by atoms with Gasteiger partial charge in [0.25, 0.3) is 0 Å². The zero-order chi connectivity index (χ0) is 25.6. The molecule has 0 fully saturated rings. The molecule has 2 N–H and O–H groups in total. The molecule has 0 aliphatic carbocycles. The van der Waals surface area contributed by atoms with Crippen molar-refractivity contribution in [3.8, 4) is 0 Å². The van der Waals surface area contributed by atoms with Crippen LogP contribution in [0.15, 0.2) is 54.6 Å². The van der Waals surface area contributed by atoms with Crippen molar-refractivity contribution >= 4 is 18.0 Å². The topological polar surface area (TPSA) is 105 Å². The minimum absolute atomic E-state index is 0.196. The number of fused-ring (bicyclic) bond motifs is 1. The van der Waals surface area contributed by atoms with Crippen molar-refractivity contribution < 1.29 is 29.0 Å². The first-order valence-corrected chi connectivity index (χ1v) is 11.8. The van der Waals surface area contributed by atoms with E-state index in [1.807, 2.05) is 54.6 Å². The van der Waals surface area contributed by atoms with Crippen LogP contribution in [0.1, 0.15) is 50.8 Å². The maximum absolute atomic E-state index is 13.8. The molecule has 188 valence electrons. The van der Waals surface area contributed by atoms with E-state index in [9.17, 15) is 19.5 Å². The Labute approximate surface area is 206 Å². The molecular weight excluding hydrogens is 448 g/mol. The molecule has 1 aliphatic rings. The van der Waals surface area contributed by atoms with Crippen molar-refractivity contribution in [2.45, 2.75) is 77.5 Å². The van der Waals surface area contributed by atoms with E-state index in [1.54, 1.807) is 32.6 Å². The number of alkyl carbamates (subject to hydrolysis) is 1. The summed E-state index contributed by atoms with van der Waals surface area (Å²) in [5, 5.41) is 12.2. The Bertz CT molecular complexity index is 1030. The summed E-state index contributed by atoms with van der Waals surface area (Å²) in [7, 11) is 0. The molecule has 35 heavy (non-hydrogen) atoms. The van der Waals surface area contributed by atoms with Crippen molar-refractivity contribution in [1.29, 1.82) is 0 Å². The smallest absolute Gasteiger partial charge is 0.408 e. The van der Waals surface area contributed by atoms with Gasteiger partial charge in [-0.1, -0.05) is 54.6 Å². The molecule has 8 heteroatoms. The number of nitrogens with zero attached hydrogens (tertiary/aromatic N) is 1. The van der Waals surface area contributed by atoms with Crippen molar-refractivity contribution in [3.63, 3.8) is 0 Å². The van der Waals surface area contributed by atoms with E-state index in [2.05, 4.69) is 5.32 Å². The molecule has 0 radical (unpaired) electrons. The lowest BCUT2D eigenvalue weighted by Crippen LogP contribution is -2.58. The SMILES string of the molecule is CC(OCc1ccccc1)C(NC(=O)OC(C)(C)C)C(=O)N1Cc2ccccc2C[C@@H]1CC(=O)O. The first kappa shape index (κ1) is 26.2. The van der Waals surface area contributed by atoms with Crippen LogP contribution >= 0.6 is 0 Å². The summed E-state index contributed by atoms with van der Waals surface area (Å²) < 4.78 is 11.4. The van der Waals surface area contributed by atoms with Gasteiger partial charge in [-0.2, -0.15) is 0 Å². The molecule has 0 aromatic heterocycles. The molecule has 2 aromatic rings. The van der Waals surface area contributed by atoms with E-state index in [1.165, 1.54) is 0 Å². The van der Waals surface area contributed by atoms with E-state index in [-0.39, 0.29) is 19.6 Å². The van der Waals surface area contributed by atoms with E-state index < -0.39 is 41.8 Å². The number of rotatable bonds is 8. The van der Waals surface area contributed by atoms with Crippen LogP contribution in [0.5, 0.6) is 0 Å². The van der Waals surface area contributed by atoms with Crippen molar-refractivity contribution in [3.05, 3.63) is 71.3 Å². The zero-order valence-corrected chi connectivity index (χ0v) is 20.7. The summed E-state index contributed by atoms with van der Waals surface area (Å²) in [6.45, 7) is 7.44. The number of carbonyl (C=O) groups is 3. The van der Waals surface area contributed by atoms with Gasteiger partial charge in [0.15, 0.2) is 0 Å².